The number of hydrogen-bond donors (Lipinski definition) is 0. The van der Waals surface area contributed by atoms with Crippen molar-refractivity contribution in [3.05, 3.63) is 0 Å². The lowest BCUT2D eigenvalue weighted by atomic mass is 9.80. The first kappa shape index (κ1) is 18.5. The molecule has 2 aliphatic rings. The lowest BCUT2D eigenvalue weighted by Gasteiger charge is -2.36. The first-order chi connectivity index (χ1) is 9.77. The van der Waals surface area contributed by atoms with Gasteiger partial charge in [-0.2, -0.15) is 0 Å². The van der Waals surface area contributed by atoms with Crippen molar-refractivity contribution in [2.24, 2.45) is 5.92 Å². The fraction of sp³-hybridized carbons (Fsp3) is 1.00. The van der Waals surface area contributed by atoms with Crippen LogP contribution in [-0.4, -0.2) is 33.2 Å². The molecular weight excluding hydrogens is 291 g/mol. The van der Waals surface area contributed by atoms with Gasteiger partial charge in [0.05, 0.1) is 11.2 Å². The maximum absolute atomic E-state index is 6.29. The molecule has 5 heteroatoms. The predicted molar refractivity (Wildman–Crippen MR) is 95.7 cm³/mol. The summed E-state index contributed by atoms with van der Waals surface area (Å²) >= 11 is 0. The van der Waals surface area contributed by atoms with Gasteiger partial charge < -0.3 is 13.7 Å². The Labute approximate surface area is 138 Å². The first-order valence-corrected chi connectivity index (χ1v) is 11.7. The Morgan fingerprint density at radius 3 is 2.05 bits per heavy atom. The van der Waals surface area contributed by atoms with Gasteiger partial charge in [0.25, 0.3) is 0 Å². The molecule has 3 nitrogen and oxygen atoms in total. The molecule has 0 spiro atoms. The van der Waals surface area contributed by atoms with E-state index >= 15 is 0 Å². The molecular formula is C17H35BO3Si. The SMILES string of the molecule is CC1(C)OB([C@@H]2CC2CCO[Si](C)(C)C(C)(C)C)OC1(C)C. The maximum Gasteiger partial charge on any atom is 0.461 e. The summed E-state index contributed by atoms with van der Waals surface area (Å²) in [5, 5.41) is 0.293. The van der Waals surface area contributed by atoms with Crippen LogP contribution in [0.15, 0.2) is 0 Å². The van der Waals surface area contributed by atoms with Crippen LogP contribution in [0.3, 0.4) is 0 Å². The Bertz CT molecular complexity index is 399. The summed E-state index contributed by atoms with van der Waals surface area (Å²) < 4.78 is 18.6. The highest BCUT2D eigenvalue weighted by Crippen LogP contribution is 2.54. The number of hydrogen-bond acceptors (Lipinski definition) is 3. The average Bonchev–Trinajstić information content (AvgIpc) is 3.00. The molecule has 0 aromatic heterocycles. The molecule has 0 aromatic rings. The largest absolute Gasteiger partial charge is 0.461 e. The minimum Gasteiger partial charge on any atom is -0.417 e. The molecule has 1 saturated heterocycles. The fourth-order valence-electron chi connectivity index (χ4n) is 2.68. The van der Waals surface area contributed by atoms with Crippen LogP contribution in [0.4, 0.5) is 0 Å². The second-order valence-electron chi connectivity index (χ2n) is 9.68. The van der Waals surface area contributed by atoms with E-state index in [1.165, 1.54) is 6.42 Å². The first-order valence-electron chi connectivity index (χ1n) is 8.76. The van der Waals surface area contributed by atoms with E-state index in [1.807, 2.05) is 0 Å². The van der Waals surface area contributed by atoms with Crippen molar-refractivity contribution in [3.8, 4) is 0 Å². The molecule has 1 aliphatic carbocycles. The normalized spacial score (nSPS) is 30.7. The Hall–Kier alpha value is 0.162. The van der Waals surface area contributed by atoms with Crippen molar-refractivity contribution < 1.29 is 13.7 Å². The zero-order chi connectivity index (χ0) is 17.0. The monoisotopic (exact) mass is 326 g/mol. The quantitative estimate of drug-likeness (QED) is 0.674. The molecule has 1 heterocycles. The topological polar surface area (TPSA) is 27.7 Å². The van der Waals surface area contributed by atoms with Gasteiger partial charge in [0.2, 0.25) is 0 Å². The predicted octanol–water partition coefficient (Wildman–Crippen LogP) is 4.88. The van der Waals surface area contributed by atoms with Crippen molar-refractivity contribution >= 4 is 15.4 Å². The zero-order valence-electron chi connectivity index (χ0n) is 16.1. The van der Waals surface area contributed by atoms with Gasteiger partial charge in [-0.3, -0.25) is 0 Å². The van der Waals surface area contributed by atoms with Crippen molar-refractivity contribution in [3.63, 3.8) is 0 Å². The van der Waals surface area contributed by atoms with Crippen LogP contribution < -0.4 is 0 Å². The molecule has 0 N–H and O–H groups in total. The van der Waals surface area contributed by atoms with E-state index in [2.05, 4.69) is 61.6 Å². The zero-order valence-corrected chi connectivity index (χ0v) is 17.1. The third-order valence-corrected chi connectivity index (χ3v) is 10.9. The highest BCUT2D eigenvalue weighted by atomic mass is 28.4. The summed E-state index contributed by atoms with van der Waals surface area (Å²) in [6, 6.07) is 0. The van der Waals surface area contributed by atoms with Crippen LogP contribution in [0.5, 0.6) is 0 Å². The maximum atomic E-state index is 6.29. The molecule has 0 radical (unpaired) electrons. The highest BCUT2D eigenvalue weighted by molar-refractivity contribution is 6.74. The molecule has 2 atom stereocenters. The van der Waals surface area contributed by atoms with Gasteiger partial charge in [-0.25, -0.2) is 0 Å². The van der Waals surface area contributed by atoms with Crippen LogP contribution in [0, 0.1) is 5.92 Å². The second kappa shape index (κ2) is 5.61. The minimum atomic E-state index is -1.61. The van der Waals surface area contributed by atoms with Gasteiger partial charge in [0, 0.05) is 6.61 Å². The number of rotatable bonds is 5. The van der Waals surface area contributed by atoms with Gasteiger partial charge in [0.15, 0.2) is 8.32 Å². The van der Waals surface area contributed by atoms with E-state index in [9.17, 15) is 0 Å². The Kier molecular flexibility index (Phi) is 4.72. The highest BCUT2D eigenvalue weighted by Gasteiger charge is 2.59. The fourth-order valence-corrected chi connectivity index (χ4v) is 3.74. The molecule has 0 bridgehead atoms. The Morgan fingerprint density at radius 1 is 1.09 bits per heavy atom. The summed E-state index contributed by atoms with van der Waals surface area (Å²) in [6.07, 6.45) is 2.36. The van der Waals surface area contributed by atoms with E-state index in [4.69, 9.17) is 13.7 Å². The molecule has 1 saturated carbocycles. The minimum absolute atomic E-state index is 0.0251. The Balaban J connectivity index is 1.76. The summed E-state index contributed by atoms with van der Waals surface area (Å²) in [5.74, 6) is 1.27. The smallest absolute Gasteiger partial charge is 0.417 e. The summed E-state index contributed by atoms with van der Waals surface area (Å²) in [4.78, 5) is 0. The van der Waals surface area contributed by atoms with E-state index in [-0.39, 0.29) is 18.3 Å². The van der Waals surface area contributed by atoms with Crippen molar-refractivity contribution in [2.75, 3.05) is 6.61 Å². The average molecular weight is 326 g/mol. The van der Waals surface area contributed by atoms with E-state index < -0.39 is 8.32 Å². The van der Waals surface area contributed by atoms with Gasteiger partial charge in [-0.05, 0) is 70.4 Å². The van der Waals surface area contributed by atoms with Crippen LogP contribution in [-0.2, 0) is 13.7 Å². The molecule has 22 heavy (non-hydrogen) atoms. The molecule has 1 unspecified atom stereocenters. The molecule has 2 fully saturated rings. The van der Waals surface area contributed by atoms with Crippen molar-refractivity contribution in [1.29, 1.82) is 0 Å². The van der Waals surface area contributed by atoms with Crippen molar-refractivity contribution in [1.82, 2.24) is 0 Å². The van der Waals surface area contributed by atoms with Gasteiger partial charge in [-0.1, -0.05) is 20.8 Å². The molecule has 2 rings (SSSR count). The lowest BCUT2D eigenvalue weighted by molar-refractivity contribution is 0.00578. The standard InChI is InChI=1S/C17H35BO3Si/c1-15(2,3)22(8,9)19-11-10-13-12-14(13)18-20-16(4,5)17(6,7)21-18/h13-14H,10-12H2,1-9H3/t13?,14-/m1/s1. The van der Waals surface area contributed by atoms with Gasteiger partial charge in [-0.15, -0.1) is 0 Å². The summed E-state index contributed by atoms with van der Waals surface area (Å²) in [6.45, 7) is 20.9. The van der Waals surface area contributed by atoms with Crippen LogP contribution in [0.25, 0.3) is 0 Å². The van der Waals surface area contributed by atoms with Gasteiger partial charge in [0.1, 0.15) is 0 Å². The van der Waals surface area contributed by atoms with Crippen molar-refractivity contribution in [2.45, 2.75) is 96.5 Å². The second-order valence-corrected chi connectivity index (χ2v) is 14.5. The van der Waals surface area contributed by atoms with Crippen LogP contribution in [0.1, 0.15) is 61.3 Å². The molecule has 0 amide bonds. The third-order valence-electron chi connectivity index (χ3n) is 6.36. The summed E-state index contributed by atoms with van der Waals surface area (Å²) in [7, 11) is -1.63. The molecule has 0 aromatic carbocycles. The van der Waals surface area contributed by atoms with Crippen LogP contribution in [0.2, 0.25) is 23.9 Å². The third kappa shape index (κ3) is 3.63. The molecule has 128 valence electrons. The summed E-state index contributed by atoms with van der Waals surface area (Å²) in [5.41, 5.74) is -0.412. The van der Waals surface area contributed by atoms with Gasteiger partial charge >= 0.3 is 7.12 Å². The van der Waals surface area contributed by atoms with E-state index in [0.29, 0.717) is 16.8 Å². The Morgan fingerprint density at radius 2 is 1.59 bits per heavy atom. The molecule has 1 aliphatic heterocycles. The van der Waals surface area contributed by atoms with Crippen LogP contribution >= 0.6 is 0 Å². The van der Waals surface area contributed by atoms with E-state index in [0.717, 1.165) is 13.0 Å². The van der Waals surface area contributed by atoms with E-state index in [1.54, 1.807) is 0 Å². The lowest BCUT2D eigenvalue weighted by Crippen LogP contribution is -2.41.